The lowest BCUT2D eigenvalue weighted by Crippen LogP contribution is -2.36. The van der Waals surface area contributed by atoms with Crippen LogP contribution in [0, 0.1) is 0 Å². The van der Waals surface area contributed by atoms with Crippen molar-refractivity contribution in [2.75, 3.05) is 13.7 Å². The highest BCUT2D eigenvalue weighted by atomic mass is 16.5. The SMILES string of the molecule is COC(CNC(=O)Cn1cnnn1)CC(=O)O. The number of ether oxygens (including phenoxy) is 1. The first-order valence-corrected chi connectivity index (χ1v) is 4.84. The van der Waals surface area contributed by atoms with Crippen LogP contribution >= 0.6 is 0 Å². The number of aliphatic carboxylic acids is 1. The summed E-state index contributed by atoms with van der Waals surface area (Å²) in [4.78, 5) is 21.8. The Balaban J connectivity index is 2.29. The molecule has 1 aromatic rings. The maximum atomic E-state index is 11.4. The van der Waals surface area contributed by atoms with Gasteiger partial charge in [0.15, 0.2) is 0 Å². The smallest absolute Gasteiger partial charge is 0.306 e. The molecule has 0 aliphatic carbocycles. The van der Waals surface area contributed by atoms with Gasteiger partial charge in [0.2, 0.25) is 5.91 Å². The highest BCUT2D eigenvalue weighted by molar-refractivity contribution is 5.75. The van der Waals surface area contributed by atoms with Gasteiger partial charge in [0.05, 0.1) is 12.5 Å². The summed E-state index contributed by atoms with van der Waals surface area (Å²) in [7, 11) is 1.39. The Labute approximate surface area is 96.8 Å². The van der Waals surface area contributed by atoms with E-state index >= 15 is 0 Å². The van der Waals surface area contributed by atoms with Crippen LogP contribution in [0.2, 0.25) is 0 Å². The van der Waals surface area contributed by atoms with Crippen LogP contribution in [-0.2, 0) is 20.9 Å². The number of hydrogen-bond donors (Lipinski definition) is 2. The van der Waals surface area contributed by atoms with Crippen molar-refractivity contribution in [2.24, 2.45) is 0 Å². The molecule has 0 radical (unpaired) electrons. The van der Waals surface area contributed by atoms with Gasteiger partial charge >= 0.3 is 5.97 Å². The third-order valence-electron chi connectivity index (χ3n) is 1.96. The first kappa shape index (κ1) is 13.0. The van der Waals surface area contributed by atoms with E-state index in [4.69, 9.17) is 9.84 Å². The second-order valence-electron chi connectivity index (χ2n) is 3.27. The summed E-state index contributed by atoms with van der Waals surface area (Å²) in [5.74, 6) is -1.30. The van der Waals surface area contributed by atoms with Gasteiger partial charge < -0.3 is 15.2 Å². The van der Waals surface area contributed by atoms with E-state index in [9.17, 15) is 9.59 Å². The van der Waals surface area contributed by atoms with Crippen LogP contribution in [0.3, 0.4) is 0 Å². The van der Waals surface area contributed by atoms with E-state index in [0.717, 1.165) is 0 Å². The minimum absolute atomic E-state index is 0.0174. The molecule has 0 aliphatic rings. The molecule has 9 nitrogen and oxygen atoms in total. The van der Waals surface area contributed by atoms with Gasteiger partial charge in [-0.1, -0.05) is 0 Å². The molecule has 1 amide bonds. The molecule has 9 heteroatoms. The average molecular weight is 243 g/mol. The fourth-order valence-electron chi connectivity index (χ4n) is 1.12. The van der Waals surface area contributed by atoms with Crippen molar-refractivity contribution in [3.05, 3.63) is 6.33 Å². The number of nitrogens with zero attached hydrogens (tertiary/aromatic N) is 4. The molecule has 2 N–H and O–H groups in total. The Bertz CT molecular complexity index is 366. The molecule has 17 heavy (non-hydrogen) atoms. The van der Waals surface area contributed by atoms with Crippen molar-refractivity contribution in [3.8, 4) is 0 Å². The Morgan fingerprint density at radius 1 is 1.59 bits per heavy atom. The van der Waals surface area contributed by atoms with Crippen LogP contribution in [0.1, 0.15) is 6.42 Å². The van der Waals surface area contributed by atoms with Gasteiger partial charge in [-0.15, -0.1) is 5.10 Å². The van der Waals surface area contributed by atoms with E-state index in [1.807, 2.05) is 0 Å². The highest BCUT2D eigenvalue weighted by Gasteiger charge is 2.13. The number of carboxylic acid groups (broad SMARTS) is 1. The molecular weight excluding hydrogens is 230 g/mol. The number of amides is 1. The summed E-state index contributed by atoms with van der Waals surface area (Å²) < 4.78 is 6.16. The minimum Gasteiger partial charge on any atom is -0.481 e. The zero-order valence-electron chi connectivity index (χ0n) is 9.24. The largest absolute Gasteiger partial charge is 0.481 e. The number of aromatic nitrogens is 4. The summed E-state index contributed by atoms with van der Waals surface area (Å²) in [5.41, 5.74) is 0. The summed E-state index contributed by atoms with van der Waals surface area (Å²) >= 11 is 0. The number of hydrogen-bond acceptors (Lipinski definition) is 6. The van der Waals surface area contributed by atoms with Crippen LogP contribution in [0.15, 0.2) is 6.33 Å². The molecule has 0 saturated heterocycles. The molecule has 0 bridgehead atoms. The molecular formula is C8H13N5O4. The summed E-state index contributed by atoms with van der Waals surface area (Å²) in [5, 5.41) is 21.4. The van der Waals surface area contributed by atoms with Crippen LogP contribution in [-0.4, -0.2) is 56.9 Å². The predicted octanol–water partition coefficient (Wildman–Crippen LogP) is -1.72. The normalized spacial score (nSPS) is 12.1. The summed E-state index contributed by atoms with van der Waals surface area (Å²) in [6.45, 7) is 0.111. The molecule has 1 heterocycles. The maximum absolute atomic E-state index is 11.4. The van der Waals surface area contributed by atoms with Crippen molar-refractivity contribution in [1.29, 1.82) is 0 Å². The number of carboxylic acids is 1. The lowest BCUT2D eigenvalue weighted by atomic mass is 10.2. The van der Waals surface area contributed by atoms with Gasteiger partial charge in [0.1, 0.15) is 12.9 Å². The molecule has 1 rings (SSSR count). The van der Waals surface area contributed by atoms with E-state index in [1.54, 1.807) is 0 Å². The van der Waals surface area contributed by atoms with Gasteiger partial charge in [-0.25, -0.2) is 4.68 Å². The molecule has 1 aromatic heterocycles. The molecule has 0 fully saturated rings. The van der Waals surface area contributed by atoms with Crippen LogP contribution < -0.4 is 5.32 Å². The highest BCUT2D eigenvalue weighted by Crippen LogP contribution is 1.95. The second kappa shape index (κ2) is 6.53. The zero-order chi connectivity index (χ0) is 12.7. The molecule has 0 spiro atoms. The van der Waals surface area contributed by atoms with E-state index in [1.165, 1.54) is 18.1 Å². The van der Waals surface area contributed by atoms with Gasteiger partial charge in [-0.2, -0.15) is 0 Å². The van der Waals surface area contributed by atoms with Gasteiger partial charge in [-0.05, 0) is 10.4 Å². The Kier molecular flexibility index (Phi) is 5.01. The lowest BCUT2D eigenvalue weighted by molar-refractivity contribution is -0.140. The molecule has 1 unspecified atom stereocenters. The first-order valence-electron chi connectivity index (χ1n) is 4.84. The topological polar surface area (TPSA) is 119 Å². The fourth-order valence-corrected chi connectivity index (χ4v) is 1.12. The zero-order valence-corrected chi connectivity index (χ0v) is 9.24. The van der Waals surface area contributed by atoms with E-state index in [0.29, 0.717) is 0 Å². The van der Waals surface area contributed by atoms with Gasteiger partial charge in [0.25, 0.3) is 0 Å². The van der Waals surface area contributed by atoms with Crippen LogP contribution in [0.5, 0.6) is 0 Å². The predicted molar refractivity (Wildman–Crippen MR) is 53.9 cm³/mol. The molecule has 0 saturated carbocycles. The third kappa shape index (κ3) is 5.02. The van der Waals surface area contributed by atoms with Crippen LogP contribution in [0.4, 0.5) is 0 Å². The number of carbonyl (C=O) groups is 2. The second-order valence-corrected chi connectivity index (χ2v) is 3.27. The third-order valence-corrected chi connectivity index (χ3v) is 1.96. The first-order chi connectivity index (χ1) is 8.11. The van der Waals surface area contributed by atoms with Crippen molar-refractivity contribution in [2.45, 2.75) is 19.1 Å². The number of carbonyl (C=O) groups excluding carboxylic acids is 1. The van der Waals surface area contributed by atoms with Crippen molar-refractivity contribution < 1.29 is 19.4 Å². The Morgan fingerprint density at radius 2 is 2.35 bits per heavy atom. The summed E-state index contributed by atoms with van der Waals surface area (Å²) in [6, 6.07) is 0. The Hall–Kier alpha value is -2.03. The molecule has 94 valence electrons. The molecule has 1 atom stereocenters. The van der Waals surface area contributed by atoms with Gasteiger partial charge in [0, 0.05) is 13.7 Å². The van der Waals surface area contributed by atoms with Crippen molar-refractivity contribution >= 4 is 11.9 Å². The molecule has 0 aromatic carbocycles. The van der Waals surface area contributed by atoms with Crippen molar-refractivity contribution in [3.63, 3.8) is 0 Å². The standard InChI is InChI=1S/C8H13N5O4/c1-17-6(2-8(15)16)3-9-7(14)4-13-5-10-11-12-13/h5-6H,2-4H2,1H3,(H,9,14)(H,15,16). The minimum atomic E-state index is -0.980. The number of rotatable bonds is 7. The number of nitrogens with one attached hydrogen (secondary N) is 1. The van der Waals surface area contributed by atoms with E-state index < -0.39 is 12.1 Å². The average Bonchev–Trinajstić information content (AvgIpc) is 2.76. The monoisotopic (exact) mass is 243 g/mol. The van der Waals surface area contributed by atoms with E-state index in [-0.39, 0.29) is 25.4 Å². The quantitative estimate of drug-likeness (QED) is 0.584. The van der Waals surface area contributed by atoms with E-state index in [2.05, 4.69) is 20.8 Å². The summed E-state index contributed by atoms with van der Waals surface area (Å²) in [6.07, 6.45) is 0.595. The van der Waals surface area contributed by atoms with Crippen LogP contribution in [0.25, 0.3) is 0 Å². The van der Waals surface area contributed by atoms with Gasteiger partial charge in [-0.3, -0.25) is 9.59 Å². The number of methoxy groups -OCH3 is 1. The fraction of sp³-hybridized carbons (Fsp3) is 0.625. The lowest BCUT2D eigenvalue weighted by Gasteiger charge is -2.13. The molecule has 0 aliphatic heterocycles. The maximum Gasteiger partial charge on any atom is 0.306 e. The van der Waals surface area contributed by atoms with Crippen molar-refractivity contribution in [1.82, 2.24) is 25.5 Å². The Morgan fingerprint density at radius 3 is 2.88 bits per heavy atom. The number of tetrazole rings is 1.